The number of hydrogen-bond acceptors (Lipinski definition) is 4. The van der Waals surface area contributed by atoms with E-state index in [0.717, 1.165) is 77.8 Å². The Kier molecular flexibility index (Phi) is 6.76. The summed E-state index contributed by atoms with van der Waals surface area (Å²) in [5, 5.41) is 0. The smallest absolute Gasteiger partial charge is 0.227 e. The minimum atomic E-state index is 0.558. The molecule has 0 unspecified atom stereocenters. The second kappa shape index (κ2) is 11.7. The number of benzene rings is 7. The van der Waals surface area contributed by atoms with Crippen molar-refractivity contribution >= 4 is 22.2 Å². The van der Waals surface area contributed by atoms with Crippen LogP contribution in [-0.2, 0) is 0 Å². The fourth-order valence-corrected chi connectivity index (χ4v) is 6.37. The third-order valence-electron chi connectivity index (χ3n) is 8.78. The Morgan fingerprint density at radius 3 is 1.02 bits per heavy atom. The highest BCUT2D eigenvalue weighted by Crippen LogP contribution is 2.43. The molecule has 226 valence electrons. The minimum absolute atomic E-state index is 0.558. The van der Waals surface area contributed by atoms with Gasteiger partial charge in [0, 0.05) is 11.1 Å². The Bertz CT molecular complexity index is 2350. The zero-order valence-electron chi connectivity index (χ0n) is 25.9. The van der Waals surface area contributed by atoms with Crippen LogP contribution < -0.4 is 0 Å². The highest BCUT2D eigenvalue weighted by Gasteiger charge is 2.22. The van der Waals surface area contributed by atoms with Crippen molar-refractivity contribution in [3.8, 4) is 67.4 Å². The summed E-state index contributed by atoms with van der Waals surface area (Å²) in [6.45, 7) is 0. The maximum Gasteiger partial charge on any atom is 0.227 e. The SMILES string of the molecule is c1ccc(-c2ccc3oc(-c4cc(-c5ccccc5)c(-c5nc6cc(-c7ccccc7)ccc6o5)cc4-c4ccccc4)nc3c2)cc1. The van der Waals surface area contributed by atoms with Gasteiger partial charge >= 0.3 is 0 Å². The Morgan fingerprint density at radius 2 is 0.646 bits per heavy atom. The van der Waals surface area contributed by atoms with Crippen LogP contribution in [0.15, 0.2) is 179 Å². The fourth-order valence-electron chi connectivity index (χ4n) is 6.37. The number of aromatic nitrogens is 2. The Hall–Kier alpha value is -6.52. The van der Waals surface area contributed by atoms with Gasteiger partial charge < -0.3 is 8.83 Å². The second-order valence-corrected chi connectivity index (χ2v) is 11.8. The summed E-state index contributed by atoms with van der Waals surface area (Å²) in [6.07, 6.45) is 0. The van der Waals surface area contributed by atoms with Crippen molar-refractivity contribution in [2.75, 3.05) is 0 Å². The van der Waals surface area contributed by atoms with E-state index < -0.39 is 0 Å². The summed E-state index contributed by atoms with van der Waals surface area (Å²) in [5.41, 5.74) is 13.4. The lowest BCUT2D eigenvalue weighted by molar-refractivity contribution is 0.618. The normalized spacial score (nSPS) is 11.3. The number of fused-ring (bicyclic) bond motifs is 2. The van der Waals surface area contributed by atoms with Crippen LogP contribution in [0, 0.1) is 0 Å². The third-order valence-corrected chi connectivity index (χ3v) is 8.78. The van der Waals surface area contributed by atoms with E-state index in [1.807, 2.05) is 84.9 Å². The second-order valence-electron chi connectivity index (χ2n) is 11.8. The van der Waals surface area contributed by atoms with E-state index >= 15 is 0 Å². The lowest BCUT2D eigenvalue weighted by Gasteiger charge is -2.14. The van der Waals surface area contributed by atoms with E-state index in [1.165, 1.54) is 0 Å². The average Bonchev–Trinajstić information content (AvgIpc) is 3.80. The number of hydrogen-bond donors (Lipinski definition) is 0. The fraction of sp³-hybridized carbons (Fsp3) is 0. The zero-order valence-corrected chi connectivity index (χ0v) is 25.9. The van der Waals surface area contributed by atoms with Crippen LogP contribution in [-0.4, -0.2) is 9.97 Å². The van der Waals surface area contributed by atoms with Gasteiger partial charge in [0.2, 0.25) is 11.8 Å². The third kappa shape index (κ3) is 5.06. The molecule has 4 nitrogen and oxygen atoms in total. The molecule has 0 aliphatic carbocycles. The first-order valence-electron chi connectivity index (χ1n) is 16.0. The van der Waals surface area contributed by atoms with Crippen molar-refractivity contribution in [3.63, 3.8) is 0 Å². The quantitative estimate of drug-likeness (QED) is 0.186. The molecule has 0 saturated heterocycles. The van der Waals surface area contributed by atoms with Gasteiger partial charge in [0.1, 0.15) is 11.0 Å². The van der Waals surface area contributed by atoms with Gasteiger partial charge in [-0.2, -0.15) is 0 Å². The molecular formula is C44H28N2O2. The summed E-state index contributed by atoms with van der Waals surface area (Å²) in [6, 6.07) is 58.0. The van der Waals surface area contributed by atoms with E-state index in [4.69, 9.17) is 18.8 Å². The molecular weight excluding hydrogens is 588 g/mol. The summed E-state index contributed by atoms with van der Waals surface area (Å²) in [4.78, 5) is 10.1. The summed E-state index contributed by atoms with van der Waals surface area (Å²) >= 11 is 0. The van der Waals surface area contributed by atoms with E-state index in [9.17, 15) is 0 Å². The van der Waals surface area contributed by atoms with Gasteiger partial charge in [0.05, 0.1) is 0 Å². The van der Waals surface area contributed by atoms with E-state index in [2.05, 4.69) is 84.9 Å². The van der Waals surface area contributed by atoms with E-state index in [-0.39, 0.29) is 0 Å². The van der Waals surface area contributed by atoms with Crippen molar-refractivity contribution < 1.29 is 8.83 Å². The first kappa shape index (κ1) is 27.8. The number of rotatable bonds is 6. The standard InChI is InChI=1S/C44H28N2O2/c1-5-13-29(14-6-1)33-21-23-41-39(25-33)45-43(47-41)37-27-36(32-19-11-4-12-20-32)38(28-35(37)31-17-9-3-10-18-31)44-46-40-26-34(22-24-42(40)48-44)30-15-7-2-8-16-30/h1-28H. The average molecular weight is 617 g/mol. The molecule has 0 atom stereocenters. The number of oxazole rings is 2. The molecule has 0 aliphatic heterocycles. The summed E-state index contributed by atoms with van der Waals surface area (Å²) in [5.74, 6) is 1.12. The molecule has 9 rings (SSSR count). The highest BCUT2D eigenvalue weighted by molar-refractivity contribution is 5.95. The van der Waals surface area contributed by atoms with Gasteiger partial charge in [-0.15, -0.1) is 0 Å². The molecule has 2 aromatic heterocycles. The predicted molar refractivity (Wildman–Crippen MR) is 194 cm³/mol. The van der Waals surface area contributed by atoms with Gasteiger partial charge in [0.25, 0.3) is 0 Å². The van der Waals surface area contributed by atoms with Crippen LogP contribution in [0.2, 0.25) is 0 Å². The predicted octanol–water partition coefficient (Wildman–Crippen LogP) is 12.0. The minimum Gasteiger partial charge on any atom is -0.436 e. The van der Waals surface area contributed by atoms with Crippen LogP contribution in [0.25, 0.3) is 89.6 Å². The molecule has 0 amide bonds. The summed E-state index contributed by atoms with van der Waals surface area (Å²) < 4.78 is 13.0. The molecule has 2 heterocycles. The lowest BCUT2D eigenvalue weighted by atomic mass is 9.90. The van der Waals surface area contributed by atoms with Gasteiger partial charge in [-0.3, -0.25) is 0 Å². The lowest BCUT2D eigenvalue weighted by Crippen LogP contribution is -1.92. The first-order valence-corrected chi connectivity index (χ1v) is 16.0. The van der Waals surface area contributed by atoms with E-state index in [0.29, 0.717) is 11.8 Å². The summed E-state index contributed by atoms with van der Waals surface area (Å²) in [7, 11) is 0. The van der Waals surface area contributed by atoms with Crippen molar-refractivity contribution in [2.45, 2.75) is 0 Å². The van der Waals surface area contributed by atoms with Crippen molar-refractivity contribution in [1.82, 2.24) is 9.97 Å². The zero-order chi connectivity index (χ0) is 31.9. The Labute approximate surface area is 277 Å². The molecule has 0 bridgehead atoms. The highest BCUT2D eigenvalue weighted by atomic mass is 16.4. The van der Waals surface area contributed by atoms with E-state index in [1.54, 1.807) is 0 Å². The van der Waals surface area contributed by atoms with Gasteiger partial charge in [-0.05, 0) is 80.9 Å². The molecule has 0 fully saturated rings. The van der Waals surface area contributed by atoms with Crippen LogP contribution in [0.3, 0.4) is 0 Å². The Balaban J connectivity index is 1.25. The molecule has 9 aromatic rings. The topological polar surface area (TPSA) is 52.1 Å². The molecule has 0 saturated carbocycles. The van der Waals surface area contributed by atoms with Gasteiger partial charge in [0.15, 0.2) is 11.2 Å². The van der Waals surface area contributed by atoms with Crippen LogP contribution in [0.4, 0.5) is 0 Å². The van der Waals surface area contributed by atoms with Gasteiger partial charge in [-0.1, -0.05) is 133 Å². The van der Waals surface area contributed by atoms with Crippen LogP contribution in [0.5, 0.6) is 0 Å². The molecule has 0 aliphatic rings. The van der Waals surface area contributed by atoms with Crippen LogP contribution in [0.1, 0.15) is 0 Å². The van der Waals surface area contributed by atoms with Crippen molar-refractivity contribution in [2.24, 2.45) is 0 Å². The maximum atomic E-state index is 6.50. The molecule has 0 spiro atoms. The van der Waals surface area contributed by atoms with Crippen LogP contribution >= 0.6 is 0 Å². The van der Waals surface area contributed by atoms with Crippen molar-refractivity contribution in [1.29, 1.82) is 0 Å². The van der Waals surface area contributed by atoms with Crippen molar-refractivity contribution in [3.05, 3.63) is 170 Å². The first-order chi connectivity index (χ1) is 23.8. The molecule has 0 radical (unpaired) electrons. The van der Waals surface area contributed by atoms with Gasteiger partial charge in [-0.25, -0.2) is 9.97 Å². The Morgan fingerprint density at radius 1 is 0.292 bits per heavy atom. The number of nitrogens with zero attached hydrogens (tertiary/aromatic N) is 2. The maximum absolute atomic E-state index is 6.50. The molecule has 48 heavy (non-hydrogen) atoms. The molecule has 4 heteroatoms. The molecule has 0 N–H and O–H groups in total. The molecule has 7 aromatic carbocycles. The largest absolute Gasteiger partial charge is 0.436 e. The monoisotopic (exact) mass is 616 g/mol.